The van der Waals surface area contributed by atoms with Crippen LogP contribution in [0.4, 0.5) is 0 Å². The van der Waals surface area contributed by atoms with Gasteiger partial charge in [-0.05, 0) is 56.3 Å². The molecular formula is C25H33N3O4. The van der Waals surface area contributed by atoms with Crippen molar-refractivity contribution in [1.29, 1.82) is 0 Å². The van der Waals surface area contributed by atoms with Crippen LogP contribution >= 0.6 is 0 Å². The van der Waals surface area contributed by atoms with Crippen LogP contribution in [0.1, 0.15) is 48.0 Å². The second kappa shape index (κ2) is 10.3. The molecule has 0 unspecified atom stereocenters. The molecule has 172 valence electrons. The number of para-hydroxylation sites is 1. The SMILES string of the molecule is O=C(c1cc[nH]c(=O)c1)N1CCCCC2(CO)CCN(CC2)Cc2ccccc2OCC1. The van der Waals surface area contributed by atoms with E-state index in [0.29, 0.717) is 25.3 Å². The van der Waals surface area contributed by atoms with E-state index < -0.39 is 0 Å². The summed E-state index contributed by atoms with van der Waals surface area (Å²) in [5, 5.41) is 10.2. The molecule has 0 saturated carbocycles. The molecule has 0 spiro atoms. The summed E-state index contributed by atoms with van der Waals surface area (Å²) in [6.07, 6.45) is 6.27. The second-order valence-corrected chi connectivity index (χ2v) is 9.08. The van der Waals surface area contributed by atoms with Gasteiger partial charge in [0.25, 0.3) is 5.91 Å². The average Bonchev–Trinajstić information content (AvgIpc) is 2.83. The molecule has 4 heterocycles. The van der Waals surface area contributed by atoms with Crippen LogP contribution in [0.15, 0.2) is 47.4 Å². The van der Waals surface area contributed by atoms with E-state index in [2.05, 4.69) is 16.0 Å². The van der Waals surface area contributed by atoms with Gasteiger partial charge in [0, 0.05) is 43.1 Å². The zero-order valence-electron chi connectivity index (χ0n) is 18.6. The third kappa shape index (κ3) is 5.40. The van der Waals surface area contributed by atoms with Crippen LogP contribution in [-0.2, 0) is 6.54 Å². The zero-order chi connectivity index (χ0) is 22.4. The van der Waals surface area contributed by atoms with Gasteiger partial charge in [0.2, 0.25) is 5.56 Å². The fourth-order valence-corrected chi connectivity index (χ4v) is 4.83. The largest absolute Gasteiger partial charge is 0.491 e. The lowest BCUT2D eigenvalue weighted by molar-refractivity contribution is 0.0319. The number of aliphatic hydroxyl groups excluding tert-OH is 1. The van der Waals surface area contributed by atoms with Crippen LogP contribution < -0.4 is 10.3 Å². The number of nitrogens with zero attached hydrogens (tertiary/aromatic N) is 2. The Morgan fingerprint density at radius 1 is 1.06 bits per heavy atom. The van der Waals surface area contributed by atoms with E-state index in [1.54, 1.807) is 11.0 Å². The van der Waals surface area contributed by atoms with Crippen LogP contribution in [0.3, 0.4) is 0 Å². The number of aromatic nitrogens is 1. The van der Waals surface area contributed by atoms with Crippen molar-refractivity contribution in [1.82, 2.24) is 14.8 Å². The number of rotatable bonds is 2. The Balaban J connectivity index is 1.54. The fourth-order valence-electron chi connectivity index (χ4n) is 4.83. The van der Waals surface area contributed by atoms with Crippen molar-refractivity contribution >= 4 is 5.91 Å². The van der Waals surface area contributed by atoms with Gasteiger partial charge >= 0.3 is 0 Å². The summed E-state index contributed by atoms with van der Waals surface area (Å²) in [5.74, 6) is 0.700. The number of piperidine rings is 1. The Labute approximate surface area is 189 Å². The number of ether oxygens (including phenoxy) is 1. The van der Waals surface area contributed by atoms with Crippen LogP contribution in [0.2, 0.25) is 0 Å². The molecule has 7 heteroatoms. The lowest BCUT2D eigenvalue weighted by Crippen LogP contribution is -2.41. The minimum absolute atomic E-state index is 0.0196. The van der Waals surface area contributed by atoms with Crippen molar-refractivity contribution in [3.63, 3.8) is 0 Å². The number of carbonyl (C=O) groups is 1. The molecule has 1 aromatic carbocycles. The second-order valence-electron chi connectivity index (χ2n) is 9.08. The number of aliphatic hydroxyl groups is 1. The van der Waals surface area contributed by atoms with E-state index >= 15 is 0 Å². The molecule has 0 radical (unpaired) electrons. The van der Waals surface area contributed by atoms with E-state index in [1.165, 1.54) is 12.3 Å². The van der Waals surface area contributed by atoms with Gasteiger partial charge in [-0.3, -0.25) is 14.5 Å². The summed E-state index contributed by atoms with van der Waals surface area (Å²) in [4.78, 5) is 31.6. The molecular weight excluding hydrogens is 406 g/mol. The highest BCUT2D eigenvalue weighted by molar-refractivity contribution is 5.94. The fraction of sp³-hybridized carbons (Fsp3) is 0.520. The summed E-state index contributed by atoms with van der Waals surface area (Å²) >= 11 is 0. The molecule has 1 saturated heterocycles. The first-order chi connectivity index (χ1) is 15.6. The highest BCUT2D eigenvalue weighted by Crippen LogP contribution is 2.37. The van der Waals surface area contributed by atoms with Crippen molar-refractivity contribution in [2.45, 2.75) is 38.6 Å². The van der Waals surface area contributed by atoms with E-state index in [-0.39, 0.29) is 23.5 Å². The lowest BCUT2D eigenvalue weighted by atomic mass is 9.75. The first kappa shape index (κ1) is 22.6. The smallest absolute Gasteiger partial charge is 0.254 e. The molecule has 0 aliphatic carbocycles. The van der Waals surface area contributed by atoms with Crippen LogP contribution in [0.25, 0.3) is 0 Å². The van der Waals surface area contributed by atoms with E-state index in [0.717, 1.165) is 63.1 Å². The van der Waals surface area contributed by atoms with Gasteiger partial charge < -0.3 is 19.7 Å². The standard InChI is InChI=1S/C25H33N3O4/c29-19-25-8-3-4-12-28(24(31)20-7-11-26-23(30)17-20)15-16-32-22-6-2-1-5-21(22)18-27(13-9-25)14-10-25/h1-2,5-7,11,17,29H,3-4,8-10,12-16,18-19H2,(H,26,30). The topological polar surface area (TPSA) is 85.9 Å². The Bertz CT molecular complexity index is 965. The van der Waals surface area contributed by atoms with E-state index in [1.807, 2.05) is 18.2 Å². The van der Waals surface area contributed by atoms with Crippen molar-refractivity contribution in [2.75, 3.05) is 39.4 Å². The highest BCUT2D eigenvalue weighted by Gasteiger charge is 2.34. The maximum atomic E-state index is 13.1. The van der Waals surface area contributed by atoms with Gasteiger partial charge in [-0.25, -0.2) is 0 Å². The van der Waals surface area contributed by atoms with Gasteiger partial charge in [0.15, 0.2) is 0 Å². The Hall–Kier alpha value is -2.64. The third-order valence-corrected chi connectivity index (χ3v) is 6.93. The van der Waals surface area contributed by atoms with E-state index in [4.69, 9.17) is 4.74 Å². The molecule has 3 aliphatic heterocycles. The molecule has 32 heavy (non-hydrogen) atoms. The average molecular weight is 440 g/mol. The Morgan fingerprint density at radius 3 is 2.66 bits per heavy atom. The van der Waals surface area contributed by atoms with Crippen molar-refractivity contribution in [2.24, 2.45) is 5.41 Å². The van der Waals surface area contributed by atoms with Gasteiger partial charge in [-0.2, -0.15) is 0 Å². The number of H-pyrrole nitrogens is 1. The maximum Gasteiger partial charge on any atom is 0.254 e. The summed E-state index contributed by atoms with van der Waals surface area (Å²) in [7, 11) is 0. The summed E-state index contributed by atoms with van der Waals surface area (Å²) < 4.78 is 6.12. The molecule has 2 N–H and O–H groups in total. The number of benzene rings is 1. The van der Waals surface area contributed by atoms with Gasteiger partial charge in [-0.15, -0.1) is 0 Å². The van der Waals surface area contributed by atoms with Gasteiger partial charge in [0.1, 0.15) is 12.4 Å². The molecule has 5 rings (SSSR count). The lowest BCUT2D eigenvalue weighted by Gasteiger charge is -2.41. The highest BCUT2D eigenvalue weighted by atomic mass is 16.5. The van der Waals surface area contributed by atoms with Gasteiger partial charge in [-0.1, -0.05) is 24.6 Å². The van der Waals surface area contributed by atoms with Crippen molar-refractivity contribution in [3.8, 4) is 5.75 Å². The molecule has 7 nitrogen and oxygen atoms in total. The number of pyridine rings is 1. The first-order valence-corrected chi connectivity index (χ1v) is 11.6. The number of carbonyl (C=O) groups excluding carboxylic acids is 1. The van der Waals surface area contributed by atoms with E-state index in [9.17, 15) is 14.7 Å². The number of amides is 1. The minimum atomic E-state index is -0.282. The predicted molar refractivity (Wildman–Crippen MR) is 123 cm³/mol. The molecule has 2 aromatic rings. The third-order valence-electron chi connectivity index (χ3n) is 6.93. The molecule has 1 aromatic heterocycles. The molecule has 1 amide bonds. The minimum Gasteiger partial charge on any atom is -0.491 e. The van der Waals surface area contributed by atoms with Crippen LogP contribution in [-0.4, -0.2) is 65.2 Å². The summed E-state index contributed by atoms with van der Waals surface area (Å²) in [6.45, 7) is 4.44. The first-order valence-electron chi connectivity index (χ1n) is 11.6. The summed E-state index contributed by atoms with van der Waals surface area (Å²) in [5.41, 5.74) is 1.24. The van der Waals surface area contributed by atoms with Crippen molar-refractivity contribution in [3.05, 3.63) is 64.1 Å². The van der Waals surface area contributed by atoms with Gasteiger partial charge in [0.05, 0.1) is 6.54 Å². The zero-order valence-corrected chi connectivity index (χ0v) is 18.6. The number of hydrogen-bond acceptors (Lipinski definition) is 5. The number of fused-ring (bicyclic) bond motifs is 9. The normalized spacial score (nSPS) is 24.7. The Kier molecular flexibility index (Phi) is 7.27. The quantitative estimate of drug-likeness (QED) is 0.751. The maximum absolute atomic E-state index is 13.1. The Morgan fingerprint density at radius 2 is 1.88 bits per heavy atom. The van der Waals surface area contributed by atoms with Crippen LogP contribution in [0.5, 0.6) is 5.75 Å². The molecule has 0 atom stereocenters. The molecule has 3 aliphatic rings. The number of hydrogen-bond donors (Lipinski definition) is 2. The monoisotopic (exact) mass is 439 g/mol. The summed E-state index contributed by atoms with van der Waals surface area (Å²) in [6, 6.07) is 11.1. The number of nitrogens with one attached hydrogen (secondary N) is 1. The predicted octanol–water partition coefficient (Wildman–Crippen LogP) is 2.65. The van der Waals surface area contributed by atoms with Crippen molar-refractivity contribution < 1.29 is 14.6 Å². The molecule has 1 fully saturated rings. The van der Waals surface area contributed by atoms with Crippen LogP contribution in [0, 0.1) is 5.41 Å². The number of aromatic amines is 1. The molecule has 2 bridgehead atoms.